The molecule has 1 fully saturated rings. The third-order valence-electron chi connectivity index (χ3n) is 3.56. The van der Waals surface area contributed by atoms with E-state index in [-0.39, 0.29) is 17.4 Å². The zero-order chi connectivity index (χ0) is 15.5. The first-order valence-electron chi connectivity index (χ1n) is 6.85. The third-order valence-corrected chi connectivity index (χ3v) is 3.56. The number of aromatic nitrogens is 2. The Bertz CT molecular complexity index is 691. The monoisotopic (exact) mass is 301 g/mol. The van der Waals surface area contributed by atoms with Crippen LogP contribution in [-0.2, 0) is 0 Å². The fourth-order valence-electron chi connectivity index (χ4n) is 2.54. The number of para-hydroxylation sites is 1. The zero-order valence-electron chi connectivity index (χ0n) is 11.6. The molecule has 1 unspecified atom stereocenters. The van der Waals surface area contributed by atoms with E-state index in [1.165, 1.54) is 30.6 Å². The first kappa shape index (κ1) is 14.2. The van der Waals surface area contributed by atoms with E-state index in [4.69, 9.17) is 5.26 Å². The molecule has 3 rings (SSSR count). The first-order chi connectivity index (χ1) is 10.7. The van der Waals surface area contributed by atoms with Crippen LogP contribution in [0.2, 0.25) is 0 Å². The highest BCUT2D eigenvalue weighted by Crippen LogP contribution is 2.27. The number of halogens is 2. The summed E-state index contributed by atoms with van der Waals surface area (Å²) in [5.74, 6) is -0.572. The van der Waals surface area contributed by atoms with Crippen LogP contribution < -0.4 is 10.2 Å². The molecule has 2 aromatic rings. The predicted molar refractivity (Wildman–Crippen MR) is 77.3 cm³/mol. The van der Waals surface area contributed by atoms with Gasteiger partial charge in [0.25, 0.3) is 0 Å². The van der Waals surface area contributed by atoms with Crippen LogP contribution in [0.3, 0.4) is 0 Å². The lowest BCUT2D eigenvalue weighted by Gasteiger charge is -2.20. The van der Waals surface area contributed by atoms with Gasteiger partial charge in [0.2, 0.25) is 0 Å². The van der Waals surface area contributed by atoms with Crippen molar-refractivity contribution < 1.29 is 8.78 Å². The van der Waals surface area contributed by atoms with Gasteiger partial charge < -0.3 is 10.2 Å². The second-order valence-electron chi connectivity index (χ2n) is 5.04. The van der Waals surface area contributed by atoms with Crippen LogP contribution in [0.4, 0.5) is 20.3 Å². The average molecular weight is 301 g/mol. The van der Waals surface area contributed by atoms with Crippen molar-refractivity contribution in [1.82, 2.24) is 9.97 Å². The van der Waals surface area contributed by atoms with E-state index in [0.29, 0.717) is 18.9 Å². The topological polar surface area (TPSA) is 64.8 Å². The van der Waals surface area contributed by atoms with Crippen molar-refractivity contribution in [3.05, 3.63) is 47.9 Å². The average Bonchev–Trinajstić information content (AvgIpc) is 2.96. The van der Waals surface area contributed by atoms with Crippen LogP contribution in [0.15, 0.2) is 30.6 Å². The van der Waals surface area contributed by atoms with Gasteiger partial charge >= 0.3 is 0 Å². The molecule has 5 nitrogen and oxygen atoms in total. The molecule has 1 aliphatic rings. The summed E-state index contributed by atoms with van der Waals surface area (Å²) in [7, 11) is 0. The molecule has 1 aliphatic heterocycles. The Hall–Kier alpha value is -2.75. The maximum absolute atomic E-state index is 13.8. The number of nitrogens with one attached hydrogen (secondary N) is 1. The van der Waals surface area contributed by atoms with E-state index in [0.717, 1.165) is 6.42 Å². The maximum atomic E-state index is 13.8. The molecule has 112 valence electrons. The Morgan fingerprint density at radius 3 is 2.64 bits per heavy atom. The summed E-state index contributed by atoms with van der Waals surface area (Å²) in [6.45, 7) is 1.03. The molecule has 1 N–H and O–H groups in total. The van der Waals surface area contributed by atoms with Crippen molar-refractivity contribution in [3.8, 4) is 6.07 Å². The van der Waals surface area contributed by atoms with E-state index < -0.39 is 11.6 Å². The molecule has 0 amide bonds. The third kappa shape index (κ3) is 2.81. The summed E-state index contributed by atoms with van der Waals surface area (Å²) in [5.41, 5.74) is 0.254. The number of hydrogen-bond acceptors (Lipinski definition) is 5. The summed E-state index contributed by atoms with van der Waals surface area (Å²) < 4.78 is 27.6. The lowest BCUT2D eigenvalue weighted by molar-refractivity contribution is 0.577. The molecule has 0 spiro atoms. The molecule has 1 atom stereocenters. The number of nitriles is 1. The smallest absolute Gasteiger partial charge is 0.158 e. The van der Waals surface area contributed by atoms with Crippen molar-refractivity contribution in [1.29, 1.82) is 5.26 Å². The maximum Gasteiger partial charge on any atom is 0.158 e. The van der Waals surface area contributed by atoms with Gasteiger partial charge in [0.05, 0.1) is 12.4 Å². The quantitative estimate of drug-likeness (QED) is 0.942. The van der Waals surface area contributed by atoms with Crippen LogP contribution in [0, 0.1) is 23.0 Å². The van der Waals surface area contributed by atoms with Gasteiger partial charge in [-0.15, -0.1) is 0 Å². The highest BCUT2D eigenvalue weighted by Gasteiger charge is 2.26. The second-order valence-corrected chi connectivity index (χ2v) is 5.04. The lowest BCUT2D eigenvalue weighted by atomic mass is 10.2. The van der Waals surface area contributed by atoms with Gasteiger partial charge in [-0.05, 0) is 18.6 Å². The van der Waals surface area contributed by atoms with Crippen molar-refractivity contribution in [2.45, 2.75) is 12.5 Å². The molecule has 1 aromatic heterocycles. The Kier molecular flexibility index (Phi) is 3.83. The van der Waals surface area contributed by atoms with Crippen molar-refractivity contribution in [2.75, 3.05) is 23.3 Å². The first-order valence-corrected chi connectivity index (χ1v) is 6.85. The van der Waals surface area contributed by atoms with Gasteiger partial charge in [0, 0.05) is 19.1 Å². The molecule has 22 heavy (non-hydrogen) atoms. The van der Waals surface area contributed by atoms with E-state index in [1.54, 1.807) is 4.90 Å². The zero-order valence-corrected chi connectivity index (χ0v) is 11.6. The Morgan fingerprint density at radius 1 is 1.23 bits per heavy atom. The van der Waals surface area contributed by atoms with Gasteiger partial charge in [-0.3, -0.25) is 0 Å². The molecule has 0 bridgehead atoms. The molecule has 0 aliphatic carbocycles. The Balaban J connectivity index is 1.68. The number of benzene rings is 1. The van der Waals surface area contributed by atoms with Crippen LogP contribution >= 0.6 is 0 Å². The Labute approximate surface area is 126 Å². The van der Waals surface area contributed by atoms with Crippen molar-refractivity contribution in [2.24, 2.45) is 0 Å². The van der Waals surface area contributed by atoms with E-state index >= 15 is 0 Å². The molecule has 0 radical (unpaired) electrons. The van der Waals surface area contributed by atoms with Crippen molar-refractivity contribution >= 4 is 11.5 Å². The molecule has 1 saturated heterocycles. The standard InChI is InChI=1S/C15H13F2N5/c16-12-2-1-3-13(17)15(12)22-5-4-10(9-22)21-14-8-19-11(6-18)7-20-14/h1-3,7-8,10H,4-5,9H2,(H,20,21). The van der Waals surface area contributed by atoms with Crippen LogP contribution in [0.25, 0.3) is 0 Å². The second kappa shape index (κ2) is 5.93. The molecule has 2 heterocycles. The minimum Gasteiger partial charge on any atom is -0.365 e. The van der Waals surface area contributed by atoms with E-state index in [2.05, 4.69) is 15.3 Å². The van der Waals surface area contributed by atoms with Gasteiger partial charge in [0.15, 0.2) is 5.69 Å². The fourth-order valence-corrected chi connectivity index (χ4v) is 2.54. The minimum absolute atomic E-state index is 0.0118. The predicted octanol–water partition coefficient (Wildman–Crippen LogP) is 2.32. The van der Waals surface area contributed by atoms with E-state index in [1.807, 2.05) is 6.07 Å². The summed E-state index contributed by atoms with van der Waals surface area (Å²) >= 11 is 0. The summed E-state index contributed by atoms with van der Waals surface area (Å²) in [4.78, 5) is 9.69. The molecule has 1 aromatic carbocycles. The number of anilines is 2. The molecule has 7 heteroatoms. The van der Waals surface area contributed by atoms with Gasteiger partial charge in [-0.2, -0.15) is 5.26 Å². The number of hydrogen-bond donors (Lipinski definition) is 1. The van der Waals surface area contributed by atoms with Crippen LogP contribution in [-0.4, -0.2) is 29.1 Å². The summed E-state index contributed by atoms with van der Waals surface area (Å²) in [6.07, 6.45) is 3.59. The highest BCUT2D eigenvalue weighted by molar-refractivity contribution is 5.51. The van der Waals surface area contributed by atoms with Gasteiger partial charge in [-0.1, -0.05) is 6.07 Å². The highest BCUT2D eigenvalue weighted by atomic mass is 19.1. The fraction of sp³-hybridized carbons (Fsp3) is 0.267. The number of rotatable bonds is 3. The molecule has 0 saturated carbocycles. The normalized spacial score (nSPS) is 17.3. The van der Waals surface area contributed by atoms with Crippen LogP contribution in [0.1, 0.15) is 12.1 Å². The lowest BCUT2D eigenvalue weighted by Crippen LogP contribution is -2.27. The van der Waals surface area contributed by atoms with Crippen molar-refractivity contribution in [3.63, 3.8) is 0 Å². The largest absolute Gasteiger partial charge is 0.365 e. The van der Waals surface area contributed by atoms with Gasteiger partial charge in [-0.25, -0.2) is 18.7 Å². The number of nitrogens with zero attached hydrogens (tertiary/aromatic N) is 4. The van der Waals surface area contributed by atoms with Crippen LogP contribution in [0.5, 0.6) is 0 Å². The SMILES string of the molecule is N#Cc1cnc(NC2CCN(c3c(F)cccc3F)C2)cn1. The van der Waals surface area contributed by atoms with E-state index in [9.17, 15) is 8.78 Å². The Morgan fingerprint density at radius 2 is 2.00 bits per heavy atom. The minimum atomic E-state index is -0.557. The summed E-state index contributed by atoms with van der Waals surface area (Å²) in [6, 6.07) is 5.77. The molecular formula is C15H13F2N5. The van der Waals surface area contributed by atoms with Gasteiger partial charge in [0.1, 0.15) is 29.2 Å². The molecular weight excluding hydrogens is 288 g/mol. The summed E-state index contributed by atoms with van der Waals surface area (Å²) in [5, 5.41) is 11.8.